The van der Waals surface area contributed by atoms with Gasteiger partial charge in [-0.05, 0) is 27.2 Å². The highest BCUT2D eigenvalue weighted by atomic mass is 16.5. The number of hydrogen-bond donors (Lipinski definition) is 2. The summed E-state index contributed by atoms with van der Waals surface area (Å²) in [6, 6.07) is 0. The molecule has 0 unspecified atom stereocenters. The molecule has 1 aliphatic rings. The van der Waals surface area contributed by atoms with Crippen molar-refractivity contribution in [3.63, 3.8) is 0 Å². The second-order valence-corrected chi connectivity index (χ2v) is 7.11. The molecule has 0 aromatic carbocycles. The molecule has 0 aromatic heterocycles. The van der Waals surface area contributed by atoms with Crippen LogP contribution >= 0.6 is 0 Å². The molecule has 1 aliphatic heterocycles. The number of aliphatic imine (C=N–C) groups is 1. The molecule has 0 spiro atoms. The fourth-order valence-corrected chi connectivity index (χ4v) is 2.69. The summed E-state index contributed by atoms with van der Waals surface area (Å²) in [5.41, 5.74) is 0.0262. The number of guanidine groups is 1. The number of ether oxygens (including phenoxy) is 3. The van der Waals surface area contributed by atoms with Crippen LogP contribution in [0.3, 0.4) is 0 Å². The maximum Gasteiger partial charge on any atom is 0.191 e. The van der Waals surface area contributed by atoms with E-state index in [9.17, 15) is 0 Å². The Kier molecular flexibility index (Phi) is 12.6. The molecule has 1 saturated heterocycles. The second kappa shape index (κ2) is 14.2. The second-order valence-electron chi connectivity index (χ2n) is 7.11. The Morgan fingerprint density at radius 2 is 1.73 bits per heavy atom. The predicted molar refractivity (Wildman–Crippen MR) is 107 cm³/mol. The molecule has 0 amide bonds. The molecule has 0 atom stereocenters. The molecule has 26 heavy (non-hydrogen) atoms. The first kappa shape index (κ1) is 23.1. The zero-order valence-corrected chi connectivity index (χ0v) is 17.3. The summed E-state index contributed by atoms with van der Waals surface area (Å²) in [4.78, 5) is 7.21. The van der Waals surface area contributed by atoms with Crippen LogP contribution in [-0.2, 0) is 14.2 Å². The van der Waals surface area contributed by atoms with Gasteiger partial charge in [0.1, 0.15) is 0 Å². The summed E-state index contributed by atoms with van der Waals surface area (Å²) in [6.45, 7) is 17.4. The molecule has 7 nitrogen and oxygen atoms in total. The topological polar surface area (TPSA) is 67.4 Å². The Labute approximate surface area is 159 Å². The molecule has 7 heteroatoms. The van der Waals surface area contributed by atoms with Gasteiger partial charge in [-0.1, -0.05) is 13.3 Å². The van der Waals surface area contributed by atoms with Crippen molar-refractivity contribution < 1.29 is 14.2 Å². The standard InChI is InChI=1S/C19H40N4O3/c1-5-7-11-24-15-16-25-12-8-21-18(20-6-2)22-17-19(3,4)23-9-13-26-14-10-23/h5-17H2,1-4H3,(H2,20,21,22). The summed E-state index contributed by atoms with van der Waals surface area (Å²) in [5, 5.41) is 6.64. The van der Waals surface area contributed by atoms with E-state index in [1.807, 2.05) is 0 Å². The Morgan fingerprint density at radius 1 is 1.04 bits per heavy atom. The van der Waals surface area contributed by atoms with Crippen molar-refractivity contribution in [1.82, 2.24) is 15.5 Å². The lowest BCUT2D eigenvalue weighted by Gasteiger charge is -2.39. The summed E-state index contributed by atoms with van der Waals surface area (Å²) >= 11 is 0. The first-order valence-corrected chi connectivity index (χ1v) is 10.1. The minimum Gasteiger partial charge on any atom is -0.379 e. The van der Waals surface area contributed by atoms with E-state index >= 15 is 0 Å². The van der Waals surface area contributed by atoms with Gasteiger partial charge in [0.2, 0.25) is 0 Å². The number of nitrogens with zero attached hydrogens (tertiary/aromatic N) is 2. The molecule has 2 N–H and O–H groups in total. The van der Waals surface area contributed by atoms with E-state index in [0.29, 0.717) is 19.8 Å². The molecule has 154 valence electrons. The first-order valence-electron chi connectivity index (χ1n) is 10.1. The summed E-state index contributed by atoms with van der Waals surface area (Å²) < 4.78 is 16.5. The number of nitrogens with one attached hydrogen (secondary N) is 2. The fourth-order valence-electron chi connectivity index (χ4n) is 2.69. The summed E-state index contributed by atoms with van der Waals surface area (Å²) in [7, 11) is 0. The molecule has 0 aromatic rings. The average Bonchev–Trinajstić information content (AvgIpc) is 2.65. The van der Waals surface area contributed by atoms with Crippen LogP contribution in [-0.4, -0.2) is 88.8 Å². The van der Waals surface area contributed by atoms with Crippen LogP contribution in [0.15, 0.2) is 4.99 Å². The van der Waals surface area contributed by atoms with Crippen molar-refractivity contribution in [1.29, 1.82) is 0 Å². The van der Waals surface area contributed by atoms with Gasteiger partial charge in [-0.25, -0.2) is 0 Å². The van der Waals surface area contributed by atoms with Crippen LogP contribution in [0.25, 0.3) is 0 Å². The van der Waals surface area contributed by atoms with Crippen LogP contribution in [0.2, 0.25) is 0 Å². The Balaban J connectivity index is 2.23. The maximum atomic E-state index is 5.59. The van der Waals surface area contributed by atoms with E-state index in [4.69, 9.17) is 19.2 Å². The van der Waals surface area contributed by atoms with Gasteiger partial charge in [0, 0.05) is 38.3 Å². The Hall–Kier alpha value is -0.890. The Morgan fingerprint density at radius 3 is 2.38 bits per heavy atom. The van der Waals surface area contributed by atoms with Crippen molar-refractivity contribution in [3.8, 4) is 0 Å². The molecular weight excluding hydrogens is 332 g/mol. The van der Waals surface area contributed by atoms with Crippen LogP contribution in [0.1, 0.15) is 40.5 Å². The van der Waals surface area contributed by atoms with E-state index < -0.39 is 0 Å². The molecule has 0 radical (unpaired) electrons. The molecule has 1 heterocycles. The number of rotatable bonds is 13. The van der Waals surface area contributed by atoms with Gasteiger partial charge in [-0.2, -0.15) is 0 Å². The quantitative estimate of drug-likeness (QED) is 0.290. The van der Waals surface area contributed by atoms with Crippen LogP contribution in [0.4, 0.5) is 0 Å². The first-order chi connectivity index (χ1) is 12.6. The normalized spacial score (nSPS) is 16.7. The molecule has 1 fully saturated rings. The highest BCUT2D eigenvalue weighted by Gasteiger charge is 2.27. The van der Waals surface area contributed by atoms with Gasteiger partial charge in [0.25, 0.3) is 0 Å². The largest absolute Gasteiger partial charge is 0.379 e. The van der Waals surface area contributed by atoms with E-state index in [1.165, 1.54) is 6.42 Å². The number of hydrogen-bond acceptors (Lipinski definition) is 5. The monoisotopic (exact) mass is 372 g/mol. The average molecular weight is 373 g/mol. The minimum absolute atomic E-state index is 0.0262. The smallest absolute Gasteiger partial charge is 0.191 e. The zero-order chi connectivity index (χ0) is 19.1. The molecule has 0 bridgehead atoms. The lowest BCUT2D eigenvalue weighted by Crippen LogP contribution is -2.52. The molecular formula is C19H40N4O3. The van der Waals surface area contributed by atoms with E-state index in [2.05, 4.69) is 43.2 Å². The summed E-state index contributed by atoms with van der Waals surface area (Å²) in [6.07, 6.45) is 2.28. The van der Waals surface area contributed by atoms with Crippen molar-refractivity contribution in [2.24, 2.45) is 4.99 Å². The third kappa shape index (κ3) is 10.3. The van der Waals surface area contributed by atoms with Gasteiger partial charge in [-0.3, -0.25) is 9.89 Å². The number of unbranched alkanes of at least 4 members (excludes halogenated alkanes) is 1. The number of morpholine rings is 1. The predicted octanol–water partition coefficient (Wildman–Crippen LogP) is 1.49. The van der Waals surface area contributed by atoms with Crippen molar-refractivity contribution in [2.45, 2.75) is 46.1 Å². The fraction of sp³-hybridized carbons (Fsp3) is 0.947. The third-order valence-corrected chi connectivity index (χ3v) is 4.39. The third-order valence-electron chi connectivity index (χ3n) is 4.39. The van der Waals surface area contributed by atoms with Crippen LogP contribution < -0.4 is 10.6 Å². The highest BCUT2D eigenvalue weighted by molar-refractivity contribution is 5.79. The molecule has 0 saturated carbocycles. The molecule has 1 rings (SSSR count). The van der Waals surface area contributed by atoms with Gasteiger partial charge >= 0.3 is 0 Å². The van der Waals surface area contributed by atoms with E-state index in [1.54, 1.807) is 0 Å². The maximum absolute atomic E-state index is 5.59. The summed E-state index contributed by atoms with van der Waals surface area (Å²) in [5.74, 6) is 0.844. The SMILES string of the molecule is CCCCOCCOCCNC(=NCC(C)(C)N1CCOCC1)NCC. The zero-order valence-electron chi connectivity index (χ0n) is 17.3. The van der Waals surface area contributed by atoms with Crippen LogP contribution in [0, 0.1) is 0 Å². The van der Waals surface area contributed by atoms with E-state index in [0.717, 1.165) is 64.9 Å². The van der Waals surface area contributed by atoms with Crippen LogP contribution in [0.5, 0.6) is 0 Å². The van der Waals surface area contributed by atoms with Crippen molar-refractivity contribution in [3.05, 3.63) is 0 Å². The lowest BCUT2D eigenvalue weighted by atomic mass is 10.0. The van der Waals surface area contributed by atoms with Gasteiger partial charge in [0.05, 0.1) is 39.6 Å². The van der Waals surface area contributed by atoms with Gasteiger partial charge < -0.3 is 24.8 Å². The van der Waals surface area contributed by atoms with Gasteiger partial charge in [-0.15, -0.1) is 0 Å². The van der Waals surface area contributed by atoms with Gasteiger partial charge in [0.15, 0.2) is 5.96 Å². The molecule has 0 aliphatic carbocycles. The van der Waals surface area contributed by atoms with Crippen molar-refractivity contribution >= 4 is 5.96 Å². The Bertz CT molecular complexity index is 372. The minimum atomic E-state index is 0.0262. The lowest BCUT2D eigenvalue weighted by molar-refractivity contribution is -0.00684. The van der Waals surface area contributed by atoms with Crippen molar-refractivity contribution in [2.75, 3.05) is 72.4 Å². The van der Waals surface area contributed by atoms with E-state index in [-0.39, 0.29) is 5.54 Å². The highest BCUT2D eigenvalue weighted by Crippen LogP contribution is 2.16.